The Morgan fingerprint density at radius 3 is 2.10 bits per heavy atom. The monoisotopic (exact) mass is 569 g/mol. The van der Waals surface area contributed by atoms with Gasteiger partial charge in [-0.05, 0) is 18.1 Å². The molecule has 0 aromatic carbocycles. The number of alkyl halides is 6. The van der Waals surface area contributed by atoms with Gasteiger partial charge in [-0.2, -0.15) is 31.4 Å². The number of carbonyl (C=O) groups is 2. The Morgan fingerprint density at radius 2 is 1.64 bits per heavy atom. The topological polar surface area (TPSA) is 121 Å². The van der Waals surface area contributed by atoms with Crippen molar-refractivity contribution < 1.29 is 50.9 Å². The first-order valence-electron chi connectivity index (χ1n) is 11.6. The zero-order valence-electron chi connectivity index (χ0n) is 21.1. The summed E-state index contributed by atoms with van der Waals surface area (Å²) in [6, 6.07) is 4.73. The van der Waals surface area contributed by atoms with E-state index < -0.39 is 24.3 Å². The molecule has 0 aliphatic carbocycles. The van der Waals surface area contributed by atoms with Crippen LogP contribution in [0.1, 0.15) is 17.5 Å². The second kappa shape index (κ2) is 13.7. The highest BCUT2D eigenvalue weighted by Gasteiger charge is 2.44. The maximum atomic E-state index is 10.6. The molecular formula is C23H29F6N5O5. The lowest BCUT2D eigenvalue weighted by molar-refractivity contribution is -0.193. The fourth-order valence-corrected chi connectivity index (χ4v) is 4.47. The molecule has 39 heavy (non-hydrogen) atoms. The van der Waals surface area contributed by atoms with E-state index in [1.807, 2.05) is 43.5 Å². The van der Waals surface area contributed by atoms with Crippen LogP contribution >= 0.6 is 0 Å². The number of hydrogen-bond acceptors (Lipinski definition) is 7. The summed E-state index contributed by atoms with van der Waals surface area (Å²) in [5, 5.41) is 18.6. The highest BCUT2D eigenvalue weighted by atomic mass is 19.4. The number of aromatic nitrogens is 3. The van der Waals surface area contributed by atoms with Crippen LogP contribution in [0.2, 0.25) is 0 Å². The van der Waals surface area contributed by atoms with E-state index in [0.29, 0.717) is 18.1 Å². The number of likely N-dealkylation sites (tertiary alicyclic amines) is 2. The van der Waals surface area contributed by atoms with E-state index in [2.05, 4.69) is 32.1 Å². The number of nitrogens with zero attached hydrogens (tertiary/aromatic N) is 5. The van der Waals surface area contributed by atoms with Gasteiger partial charge in [0.2, 0.25) is 0 Å². The van der Waals surface area contributed by atoms with Crippen molar-refractivity contribution in [1.82, 2.24) is 24.6 Å². The molecule has 0 bridgehead atoms. The van der Waals surface area contributed by atoms with Gasteiger partial charge in [0.05, 0.1) is 12.3 Å². The van der Waals surface area contributed by atoms with Gasteiger partial charge in [-0.15, -0.1) is 0 Å². The number of piperidine rings is 1. The predicted octanol–water partition coefficient (Wildman–Crippen LogP) is 2.80. The van der Waals surface area contributed by atoms with Crippen molar-refractivity contribution in [2.45, 2.75) is 44.0 Å². The van der Waals surface area contributed by atoms with Gasteiger partial charge in [0.1, 0.15) is 0 Å². The number of halogens is 6. The maximum absolute atomic E-state index is 10.6. The molecule has 4 heterocycles. The molecule has 2 aliphatic heterocycles. The van der Waals surface area contributed by atoms with Crippen LogP contribution in [0.15, 0.2) is 36.9 Å². The van der Waals surface area contributed by atoms with E-state index >= 15 is 0 Å². The summed E-state index contributed by atoms with van der Waals surface area (Å²) in [6.45, 7) is 5.24. The van der Waals surface area contributed by atoms with Gasteiger partial charge in [-0.3, -0.25) is 19.5 Å². The molecule has 2 saturated heterocycles. The number of aryl methyl sites for hydroxylation is 1. The van der Waals surface area contributed by atoms with Gasteiger partial charge in [-0.1, -0.05) is 6.07 Å². The quantitative estimate of drug-likeness (QED) is 0.524. The molecule has 218 valence electrons. The minimum absolute atomic E-state index is 0.369. The molecule has 0 unspecified atom stereocenters. The first kappa shape index (κ1) is 32.0. The number of aliphatic carboxylic acids is 2. The van der Waals surface area contributed by atoms with Crippen LogP contribution in [0.3, 0.4) is 0 Å². The number of hydrogen-bond donors (Lipinski definition) is 2. The van der Waals surface area contributed by atoms with Gasteiger partial charge in [0.25, 0.3) is 0 Å². The normalized spacial score (nSPS) is 21.7. The molecule has 10 nitrogen and oxygen atoms in total. The van der Waals surface area contributed by atoms with Crippen molar-refractivity contribution >= 4 is 11.9 Å². The number of carboxylic acid groups (broad SMARTS) is 2. The van der Waals surface area contributed by atoms with E-state index in [0.717, 1.165) is 39.1 Å². The minimum atomic E-state index is -5.08. The molecule has 0 amide bonds. The number of pyridine rings is 1. The van der Waals surface area contributed by atoms with Gasteiger partial charge >= 0.3 is 24.3 Å². The predicted molar refractivity (Wildman–Crippen MR) is 123 cm³/mol. The number of fused-ring (bicyclic) bond motifs is 1. The highest BCUT2D eigenvalue weighted by molar-refractivity contribution is 5.73. The third kappa shape index (κ3) is 10.1. The molecule has 16 heteroatoms. The molecule has 2 aliphatic rings. The van der Waals surface area contributed by atoms with Crippen LogP contribution in [0.25, 0.3) is 0 Å². The molecule has 0 radical (unpaired) electrons. The van der Waals surface area contributed by atoms with E-state index in [9.17, 15) is 26.3 Å². The molecule has 2 aromatic rings. The van der Waals surface area contributed by atoms with Gasteiger partial charge in [-0.25, -0.2) is 9.59 Å². The lowest BCUT2D eigenvalue weighted by Gasteiger charge is -2.41. The average Bonchev–Trinajstić information content (AvgIpc) is 3.45. The smallest absolute Gasteiger partial charge is 0.475 e. The molecule has 2 aromatic heterocycles. The van der Waals surface area contributed by atoms with E-state index in [-0.39, 0.29) is 0 Å². The molecule has 2 fully saturated rings. The highest BCUT2D eigenvalue weighted by Crippen LogP contribution is 2.34. The zero-order chi connectivity index (χ0) is 29.4. The molecular weight excluding hydrogens is 540 g/mol. The van der Waals surface area contributed by atoms with Crippen LogP contribution in [0.4, 0.5) is 26.3 Å². The van der Waals surface area contributed by atoms with Crippen molar-refractivity contribution in [3.8, 4) is 0 Å². The SMILES string of the molecule is CO[C@@H]1CCN(Cc2cnn(C)c2)[C@@H]2CN(Cc3cccnc3)C[C@@H]21.O=C(O)C(F)(F)F.O=C(O)C(F)(F)F. The van der Waals surface area contributed by atoms with Gasteiger partial charge in [0.15, 0.2) is 0 Å². The van der Waals surface area contributed by atoms with Crippen LogP contribution in [-0.4, -0.2) is 98.0 Å². The maximum Gasteiger partial charge on any atom is 0.490 e. The largest absolute Gasteiger partial charge is 0.490 e. The minimum Gasteiger partial charge on any atom is -0.475 e. The summed E-state index contributed by atoms with van der Waals surface area (Å²) in [5.74, 6) is -4.94. The Hall–Kier alpha value is -3.24. The number of methoxy groups -OCH3 is 1. The lowest BCUT2D eigenvalue weighted by atomic mass is 9.89. The fourth-order valence-electron chi connectivity index (χ4n) is 4.47. The summed E-state index contributed by atoms with van der Waals surface area (Å²) >= 11 is 0. The van der Waals surface area contributed by atoms with Crippen molar-refractivity contribution in [3.05, 3.63) is 48.0 Å². The van der Waals surface area contributed by atoms with Crippen LogP contribution in [-0.2, 0) is 34.5 Å². The number of carboxylic acids is 2. The first-order chi connectivity index (χ1) is 18.1. The molecule has 4 rings (SSSR count). The first-order valence-corrected chi connectivity index (χ1v) is 11.6. The third-order valence-electron chi connectivity index (χ3n) is 6.12. The van der Waals surface area contributed by atoms with E-state index in [1.165, 1.54) is 11.1 Å². The number of rotatable bonds is 5. The Labute approximate surface area is 219 Å². The average molecular weight is 570 g/mol. The lowest BCUT2D eigenvalue weighted by Crippen LogP contribution is -2.50. The van der Waals surface area contributed by atoms with Crippen LogP contribution in [0.5, 0.6) is 0 Å². The van der Waals surface area contributed by atoms with E-state index in [4.69, 9.17) is 24.5 Å². The summed E-state index contributed by atoms with van der Waals surface area (Å²) < 4.78 is 71.2. The fraction of sp³-hybridized carbons (Fsp3) is 0.565. The number of ether oxygens (including phenoxy) is 1. The molecule has 2 N–H and O–H groups in total. The summed E-state index contributed by atoms with van der Waals surface area (Å²) in [5.41, 5.74) is 2.58. The second-order valence-electron chi connectivity index (χ2n) is 8.95. The third-order valence-corrected chi connectivity index (χ3v) is 6.12. The van der Waals surface area contributed by atoms with Crippen molar-refractivity contribution in [2.75, 3.05) is 26.7 Å². The van der Waals surface area contributed by atoms with E-state index in [1.54, 1.807) is 0 Å². The van der Waals surface area contributed by atoms with Gasteiger partial charge in [0, 0.05) is 83.0 Å². The Kier molecular flexibility index (Phi) is 11.2. The van der Waals surface area contributed by atoms with Crippen molar-refractivity contribution in [2.24, 2.45) is 13.0 Å². The Morgan fingerprint density at radius 1 is 1.03 bits per heavy atom. The van der Waals surface area contributed by atoms with Crippen LogP contribution < -0.4 is 0 Å². The van der Waals surface area contributed by atoms with Crippen molar-refractivity contribution in [1.29, 1.82) is 0 Å². The van der Waals surface area contributed by atoms with Crippen LogP contribution in [0, 0.1) is 5.92 Å². The molecule has 0 saturated carbocycles. The summed E-state index contributed by atoms with van der Waals surface area (Å²) in [7, 11) is 3.84. The second-order valence-corrected chi connectivity index (χ2v) is 8.95. The Balaban J connectivity index is 0.000000317. The van der Waals surface area contributed by atoms with Gasteiger partial charge < -0.3 is 14.9 Å². The van der Waals surface area contributed by atoms with Crippen molar-refractivity contribution in [3.63, 3.8) is 0 Å². The molecule has 3 atom stereocenters. The Bertz CT molecular complexity index is 1040. The summed E-state index contributed by atoms with van der Waals surface area (Å²) in [6.07, 6.45) is -0.764. The zero-order valence-corrected chi connectivity index (χ0v) is 21.1. The standard InChI is InChI=1S/C19H27N5O.2C2HF3O2/c1-22-10-16(9-21-22)12-24-7-5-19(25-2)17-13-23(14-18(17)24)11-15-4-3-6-20-8-15;2*3-2(4,5)1(6)7/h3-4,6,8-10,17-19H,5,7,11-14H2,1-2H3;2*(H,6,7)/t17-,18+,19+;;/m0../s1. The summed E-state index contributed by atoms with van der Waals surface area (Å²) in [4.78, 5) is 27.2. The molecule has 0 spiro atoms.